The first kappa shape index (κ1) is 48.2. The van der Waals surface area contributed by atoms with Crippen LogP contribution in [0.15, 0.2) is 116 Å². The van der Waals surface area contributed by atoms with Gasteiger partial charge in [0.1, 0.15) is 35.5 Å². The van der Waals surface area contributed by atoms with Crippen molar-refractivity contribution in [3.05, 3.63) is 138 Å². The summed E-state index contributed by atoms with van der Waals surface area (Å²) in [6, 6.07) is 38.1. The summed E-state index contributed by atoms with van der Waals surface area (Å²) >= 11 is 0. The summed E-state index contributed by atoms with van der Waals surface area (Å²) in [4.78, 5) is 27.2. The number of benzene rings is 4. The molecule has 0 radical (unpaired) electrons. The third-order valence-corrected chi connectivity index (χ3v) is 12.4. The van der Waals surface area contributed by atoms with Gasteiger partial charge in [-0.15, -0.1) is 0 Å². The number of carbonyl (C=O) groups is 1. The van der Waals surface area contributed by atoms with Crippen LogP contribution in [0.25, 0.3) is 11.2 Å². The van der Waals surface area contributed by atoms with Crippen LogP contribution >= 0.6 is 7.82 Å². The highest BCUT2D eigenvalue weighted by molar-refractivity contribution is 7.48. The van der Waals surface area contributed by atoms with E-state index in [9.17, 15) is 19.9 Å². The summed E-state index contributed by atoms with van der Waals surface area (Å²) in [5, 5.41) is 21.4. The molecule has 1 saturated heterocycles. The van der Waals surface area contributed by atoms with Crippen molar-refractivity contribution in [1.82, 2.24) is 19.5 Å². The van der Waals surface area contributed by atoms with Gasteiger partial charge >= 0.3 is 7.82 Å². The van der Waals surface area contributed by atoms with E-state index in [1.165, 1.54) is 6.33 Å². The lowest BCUT2D eigenvalue weighted by atomic mass is 9.80. The standard InChI is InChI=1S/C49H52N7O10P/c1-4-5-28-61-47-45-46(54-48(55-47)53-43(57)31-35-14-8-6-9-15-35)56(34-52-45)44-32-41(66-67(58,63-29-12-26-50)64-30-13-27-51)42(65-44)33-62-49(36-16-10-7-11-17-36,37-18-22-39(59-2)23-19-37)38-20-24-40(60-3)25-21-38/h6-11,14-25,34,41-42,44H,4-5,12-13,28-33H2,1-3H3,(H,53,54,55,57)/t41-,42+,44+/m0/s1. The number of nitrogens with zero attached hydrogens (tertiary/aromatic N) is 6. The number of rotatable bonds is 24. The van der Waals surface area contributed by atoms with E-state index in [1.807, 2.05) is 128 Å². The number of carbonyl (C=O) groups excluding carboxylic acids is 1. The summed E-state index contributed by atoms with van der Waals surface area (Å²) < 4.78 is 64.9. The fourth-order valence-corrected chi connectivity index (χ4v) is 8.98. The number of imidazole rings is 1. The Bertz CT molecular complexity index is 2600. The normalized spacial score (nSPS) is 16.0. The quantitative estimate of drug-likeness (QED) is 0.0341. The lowest BCUT2D eigenvalue weighted by Crippen LogP contribution is -2.38. The number of unbranched alkanes of at least 4 members (excludes halogenated alkanes) is 1. The Labute approximate surface area is 389 Å². The zero-order valence-corrected chi connectivity index (χ0v) is 38.4. The molecule has 0 aliphatic carbocycles. The van der Waals surface area contributed by atoms with Crippen LogP contribution in [0.4, 0.5) is 5.95 Å². The lowest BCUT2D eigenvalue weighted by Gasteiger charge is -2.37. The predicted molar refractivity (Wildman–Crippen MR) is 246 cm³/mol. The third-order valence-electron chi connectivity index (χ3n) is 10.9. The zero-order valence-electron chi connectivity index (χ0n) is 37.5. The number of hydrogen-bond donors (Lipinski definition) is 1. The summed E-state index contributed by atoms with van der Waals surface area (Å²) in [6.45, 7) is 1.72. The maximum absolute atomic E-state index is 14.4. The van der Waals surface area contributed by atoms with Crippen LogP contribution in [0, 0.1) is 22.7 Å². The highest BCUT2D eigenvalue weighted by Crippen LogP contribution is 2.54. The molecule has 7 rings (SSSR count). The topological polar surface area (TPSA) is 211 Å². The maximum atomic E-state index is 14.4. The SMILES string of the molecule is CCCCOc1nc(NC(=O)Cc2ccccc2)nc2c1ncn2[C@H]1C[C@H](OP(=O)(OCCC#N)OCCC#N)[C@@H](COC(c2ccccc2)(c2ccc(OC)cc2)c2ccc(OC)cc2)O1. The number of phosphoric ester groups is 1. The summed E-state index contributed by atoms with van der Waals surface area (Å²) in [5.74, 6) is 1.13. The molecule has 4 aromatic carbocycles. The number of phosphoric acid groups is 1. The molecule has 1 amide bonds. The number of methoxy groups -OCH3 is 2. The van der Waals surface area contributed by atoms with E-state index >= 15 is 0 Å². The molecule has 3 heterocycles. The molecule has 0 bridgehead atoms. The van der Waals surface area contributed by atoms with Gasteiger partial charge in [-0.05, 0) is 52.9 Å². The fourth-order valence-electron chi connectivity index (χ4n) is 7.60. The molecule has 1 aliphatic rings. The summed E-state index contributed by atoms with van der Waals surface area (Å²) in [7, 11) is -1.24. The Hall–Kier alpha value is -6.69. The monoisotopic (exact) mass is 929 g/mol. The Morgan fingerprint density at radius 2 is 1.43 bits per heavy atom. The molecule has 17 nitrogen and oxygen atoms in total. The minimum atomic E-state index is -4.43. The van der Waals surface area contributed by atoms with Crippen molar-refractivity contribution in [1.29, 1.82) is 10.5 Å². The molecule has 3 atom stereocenters. The Morgan fingerprint density at radius 1 is 0.836 bits per heavy atom. The van der Waals surface area contributed by atoms with Crippen molar-refractivity contribution in [3.8, 4) is 29.5 Å². The molecule has 2 aromatic heterocycles. The molecular formula is C49H52N7O10P. The molecule has 0 spiro atoms. The van der Waals surface area contributed by atoms with Gasteiger partial charge in [-0.25, -0.2) is 9.55 Å². The number of nitrogens with one attached hydrogen (secondary N) is 1. The predicted octanol–water partition coefficient (Wildman–Crippen LogP) is 8.85. The van der Waals surface area contributed by atoms with Crippen LogP contribution in [0.1, 0.15) is 67.5 Å². The molecule has 0 saturated carbocycles. The van der Waals surface area contributed by atoms with Gasteiger partial charge in [0.2, 0.25) is 17.7 Å². The second-order valence-corrected chi connectivity index (χ2v) is 17.0. The lowest BCUT2D eigenvalue weighted by molar-refractivity contribution is -0.115. The number of aromatic nitrogens is 4. The second kappa shape index (κ2) is 23.2. The van der Waals surface area contributed by atoms with Gasteiger partial charge in [0.05, 0.1) is 78.4 Å². The average molecular weight is 930 g/mol. The van der Waals surface area contributed by atoms with Gasteiger partial charge in [-0.2, -0.15) is 20.5 Å². The number of hydrogen-bond acceptors (Lipinski definition) is 15. The largest absolute Gasteiger partial charge is 0.497 e. The van der Waals surface area contributed by atoms with Crippen molar-refractivity contribution in [2.45, 2.75) is 69.5 Å². The van der Waals surface area contributed by atoms with Crippen molar-refractivity contribution < 1.29 is 46.6 Å². The number of amides is 1. The van der Waals surface area contributed by atoms with Crippen molar-refractivity contribution >= 4 is 30.8 Å². The highest BCUT2D eigenvalue weighted by atomic mass is 31.2. The van der Waals surface area contributed by atoms with E-state index in [2.05, 4.69) is 15.3 Å². The van der Waals surface area contributed by atoms with E-state index in [0.29, 0.717) is 23.6 Å². The number of ether oxygens (including phenoxy) is 5. The number of anilines is 1. The number of fused-ring (bicyclic) bond motifs is 1. The van der Waals surface area contributed by atoms with Crippen LogP contribution in [0.3, 0.4) is 0 Å². The van der Waals surface area contributed by atoms with Gasteiger partial charge in [0, 0.05) is 6.42 Å². The molecule has 348 valence electrons. The molecule has 6 aromatic rings. The second-order valence-electron chi connectivity index (χ2n) is 15.3. The highest BCUT2D eigenvalue weighted by Gasteiger charge is 2.46. The van der Waals surface area contributed by atoms with E-state index in [1.54, 1.807) is 18.8 Å². The summed E-state index contributed by atoms with van der Waals surface area (Å²) in [5.41, 5.74) is 2.46. The van der Waals surface area contributed by atoms with Gasteiger partial charge in [0.25, 0.3) is 0 Å². The van der Waals surface area contributed by atoms with Crippen LogP contribution in [-0.2, 0) is 44.4 Å². The zero-order chi connectivity index (χ0) is 47.1. The third kappa shape index (κ3) is 11.8. The molecule has 18 heteroatoms. The van der Waals surface area contributed by atoms with Crippen molar-refractivity contribution in [2.75, 3.05) is 46.0 Å². The van der Waals surface area contributed by atoms with E-state index in [0.717, 1.165) is 35.1 Å². The Morgan fingerprint density at radius 3 is 2.01 bits per heavy atom. The van der Waals surface area contributed by atoms with E-state index in [4.69, 9.17) is 42.2 Å². The minimum absolute atomic E-state index is 0.000254. The molecule has 1 aliphatic heterocycles. The van der Waals surface area contributed by atoms with Crippen LogP contribution < -0.4 is 19.5 Å². The first-order valence-electron chi connectivity index (χ1n) is 21.9. The first-order valence-corrected chi connectivity index (χ1v) is 23.3. The van der Waals surface area contributed by atoms with Gasteiger partial charge in [-0.3, -0.25) is 28.2 Å². The van der Waals surface area contributed by atoms with E-state index < -0.39 is 31.9 Å². The average Bonchev–Trinajstić information content (AvgIpc) is 3.96. The smallest absolute Gasteiger partial charge is 0.475 e. The number of nitriles is 2. The molecule has 1 N–H and O–H groups in total. The molecule has 0 unspecified atom stereocenters. The summed E-state index contributed by atoms with van der Waals surface area (Å²) in [6.07, 6.45) is 0.204. The Balaban J connectivity index is 1.29. The van der Waals surface area contributed by atoms with Crippen LogP contribution in [0.2, 0.25) is 0 Å². The van der Waals surface area contributed by atoms with Crippen molar-refractivity contribution in [3.63, 3.8) is 0 Å². The molecule has 67 heavy (non-hydrogen) atoms. The van der Waals surface area contributed by atoms with Gasteiger partial charge in [0.15, 0.2) is 11.2 Å². The first-order chi connectivity index (χ1) is 32.7. The van der Waals surface area contributed by atoms with Crippen LogP contribution in [0.5, 0.6) is 17.4 Å². The minimum Gasteiger partial charge on any atom is -0.497 e. The van der Waals surface area contributed by atoms with Gasteiger partial charge in [-0.1, -0.05) is 98.3 Å². The molecular weight excluding hydrogens is 878 g/mol. The molecule has 1 fully saturated rings. The van der Waals surface area contributed by atoms with E-state index in [-0.39, 0.29) is 68.9 Å². The fraction of sp³-hybridized carbons (Fsp3) is 0.347. The van der Waals surface area contributed by atoms with Gasteiger partial charge < -0.3 is 23.7 Å². The Kier molecular flexibility index (Phi) is 16.7. The maximum Gasteiger partial charge on any atom is 0.475 e. The van der Waals surface area contributed by atoms with Crippen LogP contribution in [-0.4, -0.2) is 78.3 Å². The van der Waals surface area contributed by atoms with Crippen molar-refractivity contribution in [2.24, 2.45) is 0 Å².